The zero-order valence-corrected chi connectivity index (χ0v) is 9.72. The van der Waals surface area contributed by atoms with Gasteiger partial charge in [-0.25, -0.2) is 0 Å². The van der Waals surface area contributed by atoms with Gasteiger partial charge in [-0.2, -0.15) is 13.2 Å². The molecule has 0 saturated carbocycles. The normalized spacial score (nSPS) is 26.7. The first kappa shape index (κ1) is 13.3. The third-order valence-corrected chi connectivity index (χ3v) is 2.96. The molecule has 0 spiro atoms. The topological polar surface area (TPSA) is 64.7 Å². The Labute approximate surface area is 105 Å². The molecule has 8 heteroatoms. The second-order valence-corrected chi connectivity index (χ2v) is 4.23. The minimum Gasteiger partial charge on any atom is -0.371 e. The molecule has 0 aromatic heterocycles. The van der Waals surface area contributed by atoms with Crippen molar-refractivity contribution in [1.29, 1.82) is 0 Å². The Morgan fingerprint density at radius 1 is 1.37 bits per heavy atom. The summed E-state index contributed by atoms with van der Waals surface area (Å²) in [5.74, 6) is 0. The second-order valence-electron chi connectivity index (χ2n) is 4.23. The smallest absolute Gasteiger partial charge is 0.371 e. The molecule has 1 aliphatic heterocycles. The van der Waals surface area contributed by atoms with Crippen molar-refractivity contribution in [2.75, 3.05) is 0 Å². The van der Waals surface area contributed by atoms with Crippen LogP contribution >= 0.6 is 0 Å². The van der Waals surface area contributed by atoms with Crippen LogP contribution in [0.15, 0.2) is 35.5 Å². The van der Waals surface area contributed by atoms with E-state index in [0.717, 1.165) is 0 Å². The van der Waals surface area contributed by atoms with Gasteiger partial charge in [0.25, 0.3) is 0 Å². The average molecular weight is 274 g/mol. The highest BCUT2D eigenvalue weighted by Gasteiger charge is 2.69. The van der Waals surface area contributed by atoms with Gasteiger partial charge in [0.05, 0.1) is 0 Å². The second kappa shape index (κ2) is 4.22. The molecule has 5 nitrogen and oxygen atoms in total. The van der Waals surface area contributed by atoms with Crippen molar-refractivity contribution in [2.24, 2.45) is 5.16 Å². The maximum absolute atomic E-state index is 12.9. The highest BCUT2D eigenvalue weighted by Crippen LogP contribution is 2.42. The summed E-state index contributed by atoms with van der Waals surface area (Å²) in [6, 6.07) is 5.55. The molecule has 0 N–H and O–H groups in total. The maximum Gasteiger partial charge on any atom is 0.438 e. The van der Waals surface area contributed by atoms with Gasteiger partial charge in [0.1, 0.15) is 0 Å². The number of nitro groups is 1. The van der Waals surface area contributed by atoms with E-state index in [9.17, 15) is 23.3 Å². The highest BCUT2D eigenvalue weighted by atomic mass is 19.4. The van der Waals surface area contributed by atoms with Gasteiger partial charge in [0, 0.05) is 10.5 Å². The van der Waals surface area contributed by atoms with Crippen molar-refractivity contribution in [3.8, 4) is 0 Å². The Morgan fingerprint density at radius 3 is 2.42 bits per heavy atom. The number of alkyl halides is 3. The van der Waals surface area contributed by atoms with E-state index < -0.39 is 22.7 Å². The lowest BCUT2D eigenvalue weighted by atomic mass is 9.90. The SMILES string of the molecule is C[C@]1(C(F)(F)F)ON=C(c2ccccc2)[C@@H]1[N+](=O)[O-]. The Bertz CT molecular complexity index is 530. The molecule has 0 fully saturated rings. The summed E-state index contributed by atoms with van der Waals surface area (Å²) in [6.07, 6.45) is -4.90. The highest BCUT2D eigenvalue weighted by molar-refractivity contribution is 6.05. The molecular weight excluding hydrogens is 265 g/mol. The minimum atomic E-state index is -4.90. The zero-order valence-electron chi connectivity index (χ0n) is 9.72. The summed E-state index contributed by atoms with van der Waals surface area (Å²) in [7, 11) is 0. The fourth-order valence-electron chi connectivity index (χ4n) is 1.83. The van der Waals surface area contributed by atoms with Crippen LogP contribution in [-0.2, 0) is 4.84 Å². The number of hydrogen-bond donors (Lipinski definition) is 0. The van der Waals surface area contributed by atoms with E-state index in [1.54, 1.807) is 18.2 Å². The van der Waals surface area contributed by atoms with Crippen molar-refractivity contribution in [2.45, 2.75) is 24.7 Å². The number of nitrogens with zero attached hydrogens (tertiary/aromatic N) is 2. The van der Waals surface area contributed by atoms with E-state index in [1.807, 2.05) is 0 Å². The average Bonchev–Trinajstić information content (AvgIpc) is 2.69. The minimum absolute atomic E-state index is 0.233. The lowest BCUT2D eigenvalue weighted by Crippen LogP contribution is -2.56. The van der Waals surface area contributed by atoms with Gasteiger partial charge >= 0.3 is 17.8 Å². The van der Waals surface area contributed by atoms with Crippen molar-refractivity contribution in [3.63, 3.8) is 0 Å². The number of rotatable bonds is 2. The monoisotopic (exact) mass is 274 g/mol. The van der Waals surface area contributed by atoms with Crippen LogP contribution in [0.2, 0.25) is 0 Å². The van der Waals surface area contributed by atoms with Gasteiger partial charge in [-0.05, 0) is 6.92 Å². The number of hydrogen-bond acceptors (Lipinski definition) is 4. The molecule has 0 radical (unpaired) electrons. The van der Waals surface area contributed by atoms with Gasteiger partial charge in [-0.3, -0.25) is 10.1 Å². The van der Waals surface area contributed by atoms with Crippen molar-refractivity contribution in [3.05, 3.63) is 46.0 Å². The molecule has 1 heterocycles. The maximum atomic E-state index is 12.9. The largest absolute Gasteiger partial charge is 0.438 e. The first-order valence-corrected chi connectivity index (χ1v) is 5.29. The molecule has 19 heavy (non-hydrogen) atoms. The molecule has 2 rings (SSSR count). The third kappa shape index (κ3) is 2.02. The van der Waals surface area contributed by atoms with Crippen LogP contribution in [-0.4, -0.2) is 28.5 Å². The van der Waals surface area contributed by atoms with Crippen molar-refractivity contribution in [1.82, 2.24) is 0 Å². The van der Waals surface area contributed by atoms with E-state index in [0.29, 0.717) is 6.92 Å². The number of halogens is 3. The molecule has 102 valence electrons. The van der Waals surface area contributed by atoms with Gasteiger partial charge in [0.2, 0.25) is 0 Å². The Morgan fingerprint density at radius 2 is 1.95 bits per heavy atom. The first-order valence-electron chi connectivity index (χ1n) is 5.29. The van der Waals surface area contributed by atoms with E-state index >= 15 is 0 Å². The third-order valence-electron chi connectivity index (χ3n) is 2.96. The molecule has 1 aliphatic rings. The Hall–Kier alpha value is -2.12. The molecule has 0 saturated heterocycles. The Kier molecular flexibility index (Phi) is 2.95. The lowest BCUT2D eigenvalue weighted by Gasteiger charge is -2.25. The van der Waals surface area contributed by atoms with Crippen molar-refractivity contribution < 1.29 is 22.9 Å². The van der Waals surface area contributed by atoms with Gasteiger partial charge in [-0.1, -0.05) is 35.5 Å². The molecular formula is C11H9F3N2O3. The molecule has 1 aromatic rings. The zero-order chi connectivity index (χ0) is 14.3. The number of benzene rings is 1. The summed E-state index contributed by atoms with van der Waals surface area (Å²) < 4.78 is 38.8. The molecule has 0 amide bonds. The summed E-state index contributed by atoms with van der Waals surface area (Å²) in [6.45, 7) is 0.625. The molecule has 0 bridgehead atoms. The van der Waals surface area contributed by atoms with Gasteiger partial charge < -0.3 is 4.84 Å². The van der Waals surface area contributed by atoms with Crippen LogP contribution < -0.4 is 0 Å². The van der Waals surface area contributed by atoms with Crippen LogP contribution in [0.25, 0.3) is 0 Å². The summed E-state index contributed by atoms with van der Waals surface area (Å²) in [5.41, 5.74) is -3.05. The van der Waals surface area contributed by atoms with Crippen LogP contribution in [0.4, 0.5) is 13.2 Å². The Balaban J connectivity index is 2.47. The van der Waals surface area contributed by atoms with Gasteiger partial charge in [0.15, 0.2) is 5.71 Å². The van der Waals surface area contributed by atoms with E-state index in [1.165, 1.54) is 12.1 Å². The fourth-order valence-corrected chi connectivity index (χ4v) is 1.83. The van der Waals surface area contributed by atoms with Crippen LogP contribution in [0.1, 0.15) is 12.5 Å². The lowest BCUT2D eigenvalue weighted by molar-refractivity contribution is -0.535. The van der Waals surface area contributed by atoms with Crippen LogP contribution in [0.3, 0.4) is 0 Å². The van der Waals surface area contributed by atoms with E-state index in [4.69, 9.17) is 0 Å². The van der Waals surface area contributed by atoms with Crippen LogP contribution in [0, 0.1) is 10.1 Å². The van der Waals surface area contributed by atoms with Gasteiger partial charge in [-0.15, -0.1) is 0 Å². The summed E-state index contributed by atoms with van der Waals surface area (Å²) in [5, 5.41) is 14.3. The fraction of sp³-hybridized carbons (Fsp3) is 0.364. The first-order chi connectivity index (χ1) is 8.77. The predicted octanol–water partition coefficient (Wildman–Crippen LogP) is 2.39. The molecule has 2 atom stereocenters. The molecule has 0 aliphatic carbocycles. The van der Waals surface area contributed by atoms with Crippen LogP contribution in [0.5, 0.6) is 0 Å². The van der Waals surface area contributed by atoms with E-state index in [2.05, 4.69) is 9.99 Å². The summed E-state index contributed by atoms with van der Waals surface area (Å²) in [4.78, 5) is 14.3. The quantitative estimate of drug-likeness (QED) is 0.614. The van der Waals surface area contributed by atoms with Crippen molar-refractivity contribution >= 4 is 5.71 Å². The molecule has 0 unspecified atom stereocenters. The number of oxime groups is 1. The predicted molar refractivity (Wildman–Crippen MR) is 59.3 cm³/mol. The molecule has 1 aromatic carbocycles. The summed E-state index contributed by atoms with van der Waals surface area (Å²) >= 11 is 0. The standard InChI is InChI=1S/C11H9F3N2O3/c1-10(11(12,13)14)9(16(17)18)8(15-19-10)7-5-3-2-4-6-7/h2-6,9H,1H3/t9-,10-/m0/s1. The van der Waals surface area contributed by atoms with E-state index in [-0.39, 0.29) is 11.3 Å².